The lowest BCUT2D eigenvalue weighted by atomic mass is 9.70. The second kappa shape index (κ2) is 8.13. The van der Waals surface area contributed by atoms with Gasteiger partial charge < -0.3 is 14.6 Å². The number of hydrogen-bond donors (Lipinski definition) is 1. The van der Waals surface area contributed by atoms with Crippen LogP contribution >= 0.6 is 0 Å². The Kier molecular flexibility index (Phi) is 5.79. The minimum atomic E-state index is -1.45. The van der Waals surface area contributed by atoms with Crippen molar-refractivity contribution in [3.05, 3.63) is 60.4 Å². The van der Waals surface area contributed by atoms with Crippen LogP contribution in [0.3, 0.4) is 0 Å². The maximum atomic E-state index is 11.8. The fourth-order valence-corrected chi connectivity index (χ4v) is 3.22. The Labute approximate surface area is 170 Å². The van der Waals surface area contributed by atoms with E-state index >= 15 is 0 Å². The maximum Gasteiger partial charge on any atom is 0.222 e. The van der Waals surface area contributed by atoms with E-state index in [2.05, 4.69) is 19.9 Å². The van der Waals surface area contributed by atoms with E-state index in [-0.39, 0.29) is 0 Å². The lowest BCUT2D eigenvalue weighted by Crippen LogP contribution is -2.42. The molecule has 1 unspecified atom stereocenters. The van der Waals surface area contributed by atoms with Crippen LogP contribution < -0.4 is 9.47 Å². The molecule has 3 aromatic rings. The number of aliphatic hydroxyl groups is 1. The van der Waals surface area contributed by atoms with Gasteiger partial charge in [0.1, 0.15) is 17.7 Å². The molecule has 1 atom stereocenters. The highest BCUT2D eigenvalue weighted by atomic mass is 16.5. The first-order chi connectivity index (χ1) is 13.8. The van der Waals surface area contributed by atoms with E-state index in [1.165, 1.54) is 13.4 Å². The highest BCUT2D eigenvalue weighted by Gasteiger charge is 2.47. The Morgan fingerprint density at radius 1 is 0.966 bits per heavy atom. The first-order valence-corrected chi connectivity index (χ1v) is 9.44. The summed E-state index contributed by atoms with van der Waals surface area (Å²) in [6, 6.07) is 7.44. The molecular formula is C22H26N4O3. The average Bonchev–Trinajstić information content (AvgIpc) is 2.73. The molecule has 0 saturated carbocycles. The largest absolute Gasteiger partial charge is 0.492 e. The molecule has 0 aliphatic heterocycles. The summed E-state index contributed by atoms with van der Waals surface area (Å²) < 4.78 is 10.8. The SMILES string of the molecule is CCOc1ccc(-c2ccc(C(O)(c3cncnc3OC)C(C)(C)C)nc2)nc1. The van der Waals surface area contributed by atoms with Crippen molar-refractivity contribution in [1.82, 2.24) is 19.9 Å². The average molecular weight is 394 g/mol. The monoisotopic (exact) mass is 394 g/mol. The normalized spacial score (nSPS) is 13.6. The molecule has 7 nitrogen and oxygen atoms in total. The Hall–Kier alpha value is -3.06. The van der Waals surface area contributed by atoms with Gasteiger partial charge in [0.15, 0.2) is 0 Å². The van der Waals surface area contributed by atoms with E-state index in [1.807, 2.05) is 45.9 Å². The zero-order valence-electron chi connectivity index (χ0n) is 17.4. The van der Waals surface area contributed by atoms with Crippen LogP contribution in [0.15, 0.2) is 49.2 Å². The molecule has 7 heteroatoms. The van der Waals surface area contributed by atoms with Crippen LogP contribution in [-0.2, 0) is 5.60 Å². The van der Waals surface area contributed by atoms with Crippen molar-refractivity contribution in [1.29, 1.82) is 0 Å². The summed E-state index contributed by atoms with van der Waals surface area (Å²) in [6.07, 6.45) is 6.34. The second-order valence-corrected chi connectivity index (χ2v) is 7.65. The number of pyridine rings is 2. The summed E-state index contributed by atoms with van der Waals surface area (Å²) in [5.41, 5.74) is 0.500. The van der Waals surface area contributed by atoms with Gasteiger partial charge in [-0.05, 0) is 31.2 Å². The second-order valence-electron chi connectivity index (χ2n) is 7.65. The molecule has 0 bridgehead atoms. The standard InChI is InChI=1S/C22H26N4O3/c1-6-29-16-8-9-18(24-12-16)15-7-10-19(25-11-15)22(27,21(2,3)4)17-13-23-14-26-20(17)28-5/h7-14,27H,6H2,1-5H3. The van der Waals surface area contributed by atoms with E-state index in [0.29, 0.717) is 23.7 Å². The molecule has 1 N–H and O–H groups in total. The molecule has 0 spiro atoms. The number of rotatable bonds is 6. The molecule has 152 valence electrons. The summed E-state index contributed by atoms with van der Waals surface area (Å²) in [5, 5.41) is 11.8. The van der Waals surface area contributed by atoms with Gasteiger partial charge in [-0.1, -0.05) is 20.8 Å². The third-order valence-corrected chi connectivity index (χ3v) is 4.82. The minimum absolute atomic E-state index is 0.316. The fraction of sp³-hybridized carbons (Fsp3) is 0.364. The first kappa shape index (κ1) is 20.7. The van der Waals surface area contributed by atoms with Crippen LogP contribution in [0.1, 0.15) is 39.0 Å². The maximum absolute atomic E-state index is 11.8. The van der Waals surface area contributed by atoms with Crippen LogP contribution in [0.2, 0.25) is 0 Å². The van der Waals surface area contributed by atoms with Crippen molar-refractivity contribution in [3.63, 3.8) is 0 Å². The van der Waals surface area contributed by atoms with E-state index in [0.717, 1.165) is 17.0 Å². The van der Waals surface area contributed by atoms with Crippen LogP contribution in [-0.4, -0.2) is 38.8 Å². The quantitative estimate of drug-likeness (QED) is 0.683. The molecule has 0 radical (unpaired) electrons. The van der Waals surface area contributed by atoms with Gasteiger partial charge >= 0.3 is 0 Å². The Balaban J connectivity index is 2.02. The highest BCUT2D eigenvalue weighted by Crippen LogP contribution is 2.46. The summed E-state index contributed by atoms with van der Waals surface area (Å²) in [6.45, 7) is 8.32. The lowest BCUT2D eigenvalue weighted by Gasteiger charge is -2.40. The zero-order chi connectivity index (χ0) is 21.1. The summed E-state index contributed by atoms with van der Waals surface area (Å²) in [4.78, 5) is 17.2. The Morgan fingerprint density at radius 2 is 1.76 bits per heavy atom. The van der Waals surface area contributed by atoms with Crippen molar-refractivity contribution in [2.24, 2.45) is 5.41 Å². The lowest BCUT2D eigenvalue weighted by molar-refractivity contribution is -0.0319. The molecular weight excluding hydrogens is 368 g/mol. The smallest absolute Gasteiger partial charge is 0.222 e. The van der Waals surface area contributed by atoms with Crippen LogP contribution in [0.5, 0.6) is 11.6 Å². The van der Waals surface area contributed by atoms with Crippen molar-refractivity contribution < 1.29 is 14.6 Å². The van der Waals surface area contributed by atoms with Gasteiger partial charge in [0.25, 0.3) is 0 Å². The third kappa shape index (κ3) is 3.91. The van der Waals surface area contributed by atoms with Gasteiger partial charge in [-0.15, -0.1) is 0 Å². The van der Waals surface area contributed by atoms with Crippen LogP contribution in [0, 0.1) is 5.41 Å². The fourth-order valence-electron chi connectivity index (χ4n) is 3.22. The summed E-state index contributed by atoms with van der Waals surface area (Å²) in [7, 11) is 1.52. The van der Waals surface area contributed by atoms with Gasteiger partial charge in [0.05, 0.1) is 36.9 Å². The Morgan fingerprint density at radius 3 is 2.31 bits per heavy atom. The summed E-state index contributed by atoms with van der Waals surface area (Å²) >= 11 is 0. The van der Waals surface area contributed by atoms with E-state index in [9.17, 15) is 5.11 Å². The molecule has 29 heavy (non-hydrogen) atoms. The highest BCUT2D eigenvalue weighted by molar-refractivity contribution is 5.58. The molecule has 0 fully saturated rings. The van der Waals surface area contributed by atoms with Gasteiger partial charge in [-0.2, -0.15) is 0 Å². The minimum Gasteiger partial charge on any atom is -0.492 e. The predicted octanol–water partition coefficient (Wildman–Crippen LogP) is 3.62. The molecule has 3 rings (SSSR count). The Bertz CT molecular complexity index is 953. The van der Waals surface area contributed by atoms with Crippen LogP contribution in [0.4, 0.5) is 0 Å². The van der Waals surface area contributed by atoms with Gasteiger partial charge in [-0.25, -0.2) is 9.97 Å². The topological polar surface area (TPSA) is 90.2 Å². The molecule has 0 aliphatic rings. The molecule has 3 aromatic heterocycles. The molecule has 0 saturated heterocycles. The van der Waals surface area contributed by atoms with Gasteiger partial charge in [0.2, 0.25) is 5.88 Å². The molecule has 0 aromatic carbocycles. The first-order valence-electron chi connectivity index (χ1n) is 9.44. The molecule has 0 aliphatic carbocycles. The number of aromatic nitrogens is 4. The third-order valence-electron chi connectivity index (χ3n) is 4.82. The number of ether oxygens (including phenoxy) is 2. The number of hydrogen-bond acceptors (Lipinski definition) is 7. The van der Waals surface area contributed by atoms with Crippen LogP contribution in [0.25, 0.3) is 11.3 Å². The van der Waals surface area contributed by atoms with E-state index in [4.69, 9.17) is 9.47 Å². The number of methoxy groups -OCH3 is 1. The number of nitrogens with zero attached hydrogens (tertiary/aromatic N) is 4. The van der Waals surface area contributed by atoms with Gasteiger partial charge in [-0.3, -0.25) is 9.97 Å². The van der Waals surface area contributed by atoms with E-state index < -0.39 is 11.0 Å². The van der Waals surface area contributed by atoms with Crippen molar-refractivity contribution in [2.45, 2.75) is 33.3 Å². The van der Waals surface area contributed by atoms with Crippen molar-refractivity contribution in [2.75, 3.05) is 13.7 Å². The molecule has 3 heterocycles. The van der Waals surface area contributed by atoms with E-state index in [1.54, 1.807) is 24.7 Å². The zero-order valence-corrected chi connectivity index (χ0v) is 17.4. The van der Waals surface area contributed by atoms with Crippen molar-refractivity contribution in [3.8, 4) is 22.9 Å². The van der Waals surface area contributed by atoms with Crippen molar-refractivity contribution >= 4 is 0 Å². The predicted molar refractivity (Wildman–Crippen MR) is 110 cm³/mol. The molecule has 0 amide bonds. The summed E-state index contributed by atoms with van der Waals surface area (Å²) in [5.74, 6) is 1.04. The van der Waals surface area contributed by atoms with Gasteiger partial charge in [0, 0.05) is 23.4 Å².